The van der Waals surface area contributed by atoms with Gasteiger partial charge in [-0.15, -0.1) is 0 Å². The van der Waals surface area contributed by atoms with Crippen molar-refractivity contribution in [3.63, 3.8) is 0 Å². The summed E-state index contributed by atoms with van der Waals surface area (Å²) in [5.74, 6) is 1.11. The Bertz CT molecular complexity index is 268. The minimum absolute atomic E-state index is 0.0151. The first kappa shape index (κ1) is 11.1. The normalized spacial score (nSPS) is 26.7. The van der Waals surface area contributed by atoms with E-state index in [-0.39, 0.29) is 5.78 Å². The van der Waals surface area contributed by atoms with Gasteiger partial charge in [0.15, 0.2) is 5.60 Å². The number of rotatable bonds is 4. The van der Waals surface area contributed by atoms with E-state index in [1.807, 2.05) is 27.7 Å². The Morgan fingerprint density at radius 2 is 2.00 bits per heavy atom. The highest BCUT2D eigenvalue weighted by molar-refractivity contribution is 6.02. The molecular formula is C11H18O3. The van der Waals surface area contributed by atoms with Gasteiger partial charge in [0.1, 0.15) is 5.76 Å². The summed E-state index contributed by atoms with van der Waals surface area (Å²) in [6, 6.07) is 0. The third kappa shape index (κ3) is 1.63. The molecule has 0 saturated heterocycles. The van der Waals surface area contributed by atoms with Crippen molar-refractivity contribution in [2.75, 3.05) is 6.61 Å². The van der Waals surface area contributed by atoms with Crippen molar-refractivity contribution in [1.29, 1.82) is 0 Å². The molecular weight excluding hydrogens is 180 g/mol. The highest BCUT2D eigenvalue weighted by Gasteiger charge is 2.44. The van der Waals surface area contributed by atoms with Crippen LogP contribution in [0.5, 0.6) is 0 Å². The second kappa shape index (κ2) is 4.03. The summed E-state index contributed by atoms with van der Waals surface area (Å²) in [6.07, 6.45) is 1.38. The second-order valence-electron chi connectivity index (χ2n) is 3.55. The predicted molar refractivity (Wildman–Crippen MR) is 53.7 cm³/mol. The lowest BCUT2D eigenvalue weighted by Gasteiger charge is -2.20. The summed E-state index contributed by atoms with van der Waals surface area (Å²) in [6.45, 7) is 8.10. The molecule has 0 N–H and O–H groups in total. The smallest absolute Gasteiger partial charge is 0.243 e. The molecule has 1 aliphatic rings. The molecule has 3 heteroatoms. The van der Waals surface area contributed by atoms with Crippen molar-refractivity contribution in [2.45, 2.75) is 46.1 Å². The third-order valence-corrected chi connectivity index (χ3v) is 2.57. The van der Waals surface area contributed by atoms with Crippen molar-refractivity contribution in [1.82, 2.24) is 0 Å². The summed E-state index contributed by atoms with van der Waals surface area (Å²) in [7, 11) is 0. The molecule has 0 radical (unpaired) electrons. The SMILES string of the molecule is CCOC1=C(CC)OC(C)(CC)C1=O. The lowest BCUT2D eigenvalue weighted by Crippen LogP contribution is -2.33. The highest BCUT2D eigenvalue weighted by atomic mass is 16.6. The second-order valence-corrected chi connectivity index (χ2v) is 3.55. The fraction of sp³-hybridized carbons (Fsp3) is 0.727. The molecule has 0 aliphatic carbocycles. The van der Waals surface area contributed by atoms with Crippen molar-refractivity contribution in [3.8, 4) is 0 Å². The molecule has 1 rings (SSSR count). The molecule has 0 aromatic rings. The largest absolute Gasteiger partial charge is 0.487 e. The van der Waals surface area contributed by atoms with E-state index < -0.39 is 5.60 Å². The van der Waals surface area contributed by atoms with E-state index in [0.717, 1.165) is 0 Å². The predicted octanol–water partition coefficient (Wildman–Crippen LogP) is 2.41. The van der Waals surface area contributed by atoms with E-state index in [1.54, 1.807) is 0 Å². The van der Waals surface area contributed by atoms with Gasteiger partial charge < -0.3 is 9.47 Å². The first-order chi connectivity index (χ1) is 6.59. The summed E-state index contributed by atoms with van der Waals surface area (Å²) in [4.78, 5) is 11.9. The molecule has 1 aliphatic heterocycles. The number of hydrogen-bond acceptors (Lipinski definition) is 3. The zero-order chi connectivity index (χ0) is 10.8. The van der Waals surface area contributed by atoms with Crippen molar-refractivity contribution in [3.05, 3.63) is 11.5 Å². The number of carbonyl (C=O) groups is 1. The quantitative estimate of drug-likeness (QED) is 0.696. The van der Waals surface area contributed by atoms with Crippen LogP contribution in [-0.2, 0) is 14.3 Å². The average molecular weight is 198 g/mol. The number of allylic oxidation sites excluding steroid dienone is 1. The van der Waals surface area contributed by atoms with E-state index in [2.05, 4.69) is 0 Å². The van der Waals surface area contributed by atoms with Gasteiger partial charge >= 0.3 is 0 Å². The molecule has 1 heterocycles. The van der Waals surface area contributed by atoms with E-state index in [4.69, 9.17) is 9.47 Å². The van der Waals surface area contributed by atoms with Gasteiger partial charge in [-0.1, -0.05) is 13.8 Å². The first-order valence-electron chi connectivity index (χ1n) is 5.18. The summed E-state index contributed by atoms with van der Waals surface area (Å²) in [5, 5.41) is 0. The minimum Gasteiger partial charge on any atom is -0.487 e. The highest BCUT2D eigenvalue weighted by Crippen LogP contribution is 2.34. The van der Waals surface area contributed by atoms with Crippen LogP contribution in [0.2, 0.25) is 0 Å². The van der Waals surface area contributed by atoms with Gasteiger partial charge in [0.25, 0.3) is 0 Å². The van der Waals surface area contributed by atoms with Gasteiger partial charge in [-0.25, -0.2) is 0 Å². The number of Topliss-reactive ketones (excluding diaryl/α,β-unsaturated/α-hetero) is 1. The van der Waals surface area contributed by atoms with Crippen LogP contribution in [0, 0.1) is 0 Å². The van der Waals surface area contributed by atoms with Gasteiger partial charge in [0.05, 0.1) is 6.61 Å². The number of hydrogen-bond donors (Lipinski definition) is 0. The zero-order valence-electron chi connectivity index (χ0n) is 9.35. The van der Waals surface area contributed by atoms with Crippen LogP contribution in [0.1, 0.15) is 40.5 Å². The molecule has 1 atom stereocenters. The maximum atomic E-state index is 11.9. The van der Waals surface area contributed by atoms with Gasteiger partial charge in [-0.2, -0.15) is 0 Å². The van der Waals surface area contributed by atoms with E-state index in [9.17, 15) is 4.79 Å². The average Bonchev–Trinajstić information content (AvgIpc) is 2.44. The molecule has 80 valence electrons. The fourth-order valence-electron chi connectivity index (χ4n) is 1.49. The van der Waals surface area contributed by atoms with Crippen LogP contribution < -0.4 is 0 Å². The number of ether oxygens (including phenoxy) is 2. The Morgan fingerprint density at radius 3 is 2.43 bits per heavy atom. The number of carbonyl (C=O) groups excluding carboxylic acids is 1. The van der Waals surface area contributed by atoms with Crippen LogP contribution in [0.15, 0.2) is 11.5 Å². The van der Waals surface area contributed by atoms with Crippen LogP contribution >= 0.6 is 0 Å². The van der Waals surface area contributed by atoms with Crippen LogP contribution in [0.4, 0.5) is 0 Å². The minimum atomic E-state index is -0.699. The lowest BCUT2D eigenvalue weighted by atomic mass is 9.98. The van der Waals surface area contributed by atoms with Gasteiger partial charge in [0.2, 0.25) is 11.5 Å². The van der Waals surface area contributed by atoms with Gasteiger partial charge in [0, 0.05) is 6.42 Å². The summed E-state index contributed by atoms with van der Waals surface area (Å²) < 4.78 is 11.0. The molecule has 1 unspecified atom stereocenters. The van der Waals surface area contributed by atoms with Crippen molar-refractivity contribution < 1.29 is 14.3 Å². The van der Waals surface area contributed by atoms with Crippen molar-refractivity contribution in [2.24, 2.45) is 0 Å². The number of ketones is 1. The summed E-state index contributed by atoms with van der Waals surface area (Å²) in [5.41, 5.74) is -0.699. The Hall–Kier alpha value is -0.990. The fourth-order valence-corrected chi connectivity index (χ4v) is 1.49. The molecule has 3 nitrogen and oxygen atoms in total. The molecule has 0 aromatic carbocycles. The van der Waals surface area contributed by atoms with E-state index in [0.29, 0.717) is 31.0 Å². The van der Waals surface area contributed by atoms with E-state index >= 15 is 0 Å². The maximum absolute atomic E-state index is 11.9. The molecule has 0 amide bonds. The topological polar surface area (TPSA) is 35.5 Å². The first-order valence-corrected chi connectivity index (χ1v) is 5.18. The Kier molecular flexibility index (Phi) is 3.19. The van der Waals surface area contributed by atoms with Gasteiger partial charge in [-0.05, 0) is 20.3 Å². The van der Waals surface area contributed by atoms with E-state index in [1.165, 1.54) is 0 Å². The van der Waals surface area contributed by atoms with Crippen LogP contribution in [0.3, 0.4) is 0 Å². The zero-order valence-corrected chi connectivity index (χ0v) is 9.35. The Labute approximate surface area is 85.1 Å². The monoisotopic (exact) mass is 198 g/mol. The maximum Gasteiger partial charge on any atom is 0.243 e. The molecule has 0 bridgehead atoms. The molecule has 0 aromatic heterocycles. The molecule has 0 saturated carbocycles. The summed E-state index contributed by atoms with van der Waals surface area (Å²) >= 11 is 0. The lowest BCUT2D eigenvalue weighted by molar-refractivity contribution is -0.131. The molecule has 0 spiro atoms. The Balaban J connectivity index is 2.93. The van der Waals surface area contributed by atoms with Gasteiger partial charge in [-0.3, -0.25) is 4.79 Å². The molecule has 0 fully saturated rings. The molecule has 14 heavy (non-hydrogen) atoms. The standard InChI is InChI=1S/C11H18O3/c1-5-8-9(13-7-3)10(12)11(4,6-2)14-8/h5-7H2,1-4H3. The van der Waals surface area contributed by atoms with Crippen LogP contribution in [-0.4, -0.2) is 18.0 Å². The van der Waals surface area contributed by atoms with Crippen molar-refractivity contribution >= 4 is 5.78 Å². The Morgan fingerprint density at radius 1 is 1.36 bits per heavy atom. The third-order valence-electron chi connectivity index (χ3n) is 2.57. The van der Waals surface area contributed by atoms with Crippen LogP contribution in [0.25, 0.3) is 0 Å².